The summed E-state index contributed by atoms with van der Waals surface area (Å²) in [6, 6.07) is 9.31. The minimum Gasteiger partial charge on any atom is -0.497 e. The molecule has 0 atom stereocenters. The molecule has 0 spiro atoms. The van der Waals surface area contributed by atoms with E-state index in [-0.39, 0.29) is 5.56 Å². The van der Waals surface area contributed by atoms with Gasteiger partial charge in [-0.15, -0.1) is 0 Å². The van der Waals surface area contributed by atoms with Crippen LogP contribution >= 0.6 is 15.9 Å². The Morgan fingerprint density at radius 2 is 1.94 bits per heavy atom. The van der Waals surface area contributed by atoms with Crippen molar-refractivity contribution in [3.05, 3.63) is 62.5 Å². The van der Waals surface area contributed by atoms with E-state index < -0.39 is 0 Å². The second-order valence-corrected chi connectivity index (χ2v) is 4.97. The van der Waals surface area contributed by atoms with Gasteiger partial charge in [-0.25, -0.2) is 0 Å². The Kier molecular flexibility index (Phi) is 3.87. The van der Waals surface area contributed by atoms with Gasteiger partial charge in [0, 0.05) is 16.7 Å². The van der Waals surface area contributed by atoms with E-state index in [0.717, 1.165) is 21.3 Å². The lowest BCUT2D eigenvalue weighted by atomic mass is 10.2. The van der Waals surface area contributed by atoms with Gasteiger partial charge in [-0.05, 0) is 30.2 Å². The minimum atomic E-state index is -0.0108. The highest BCUT2D eigenvalue weighted by molar-refractivity contribution is 9.10. The largest absolute Gasteiger partial charge is 0.497 e. The molecule has 1 aromatic heterocycles. The summed E-state index contributed by atoms with van der Waals surface area (Å²) in [7, 11) is 1.64. The molecule has 2 aromatic rings. The Balaban J connectivity index is 2.28. The van der Waals surface area contributed by atoms with Crippen LogP contribution < -0.4 is 10.3 Å². The lowest BCUT2D eigenvalue weighted by Gasteiger charge is -2.08. The van der Waals surface area contributed by atoms with Gasteiger partial charge in [-0.1, -0.05) is 28.1 Å². The zero-order valence-electron chi connectivity index (χ0n) is 10.3. The number of pyridine rings is 1. The fraction of sp³-hybridized carbons (Fsp3) is 0.214. The first kappa shape index (κ1) is 12.9. The summed E-state index contributed by atoms with van der Waals surface area (Å²) in [4.78, 5) is 11.8. The molecule has 0 aliphatic heterocycles. The number of halogens is 1. The molecule has 1 aromatic carbocycles. The van der Waals surface area contributed by atoms with E-state index in [2.05, 4.69) is 15.9 Å². The van der Waals surface area contributed by atoms with Crippen molar-refractivity contribution >= 4 is 15.9 Å². The van der Waals surface area contributed by atoms with Crippen molar-refractivity contribution < 1.29 is 4.74 Å². The predicted molar refractivity (Wildman–Crippen MR) is 75.2 cm³/mol. The van der Waals surface area contributed by atoms with Crippen LogP contribution in [-0.2, 0) is 6.54 Å². The molecule has 0 fully saturated rings. The molecule has 2 rings (SSSR count). The summed E-state index contributed by atoms with van der Waals surface area (Å²) >= 11 is 3.35. The quantitative estimate of drug-likeness (QED) is 0.873. The van der Waals surface area contributed by atoms with E-state index in [1.807, 2.05) is 37.4 Å². The summed E-state index contributed by atoms with van der Waals surface area (Å²) in [5.41, 5.74) is 2.10. The van der Waals surface area contributed by atoms with Crippen LogP contribution in [0.1, 0.15) is 11.1 Å². The fourth-order valence-electron chi connectivity index (χ4n) is 1.72. The van der Waals surface area contributed by atoms with Crippen molar-refractivity contribution in [1.82, 2.24) is 4.57 Å². The number of aromatic nitrogens is 1. The molecule has 1 heterocycles. The molecule has 94 valence electrons. The number of benzene rings is 1. The van der Waals surface area contributed by atoms with Gasteiger partial charge < -0.3 is 9.30 Å². The summed E-state index contributed by atoms with van der Waals surface area (Å²) < 4.78 is 7.65. The number of hydrogen-bond donors (Lipinski definition) is 0. The summed E-state index contributed by atoms with van der Waals surface area (Å²) in [5.74, 6) is 0.818. The van der Waals surface area contributed by atoms with Gasteiger partial charge in [0.05, 0.1) is 13.7 Å². The average molecular weight is 308 g/mol. The third kappa shape index (κ3) is 2.82. The highest BCUT2D eigenvalue weighted by Gasteiger charge is 2.02. The molecule has 0 N–H and O–H groups in total. The van der Waals surface area contributed by atoms with Crippen LogP contribution in [-0.4, -0.2) is 11.7 Å². The van der Waals surface area contributed by atoms with Crippen molar-refractivity contribution in [2.45, 2.75) is 13.5 Å². The van der Waals surface area contributed by atoms with Crippen molar-refractivity contribution in [2.75, 3.05) is 7.11 Å². The number of rotatable bonds is 3. The van der Waals surface area contributed by atoms with E-state index in [4.69, 9.17) is 4.74 Å². The van der Waals surface area contributed by atoms with E-state index in [1.54, 1.807) is 17.7 Å². The molecule has 0 saturated heterocycles. The molecule has 0 aliphatic carbocycles. The molecule has 0 saturated carbocycles. The molecule has 0 bridgehead atoms. The van der Waals surface area contributed by atoms with Crippen LogP contribution in [0.4, 0.5) is 0 Å². The van der Waals surface area contributed by atoms with Crippen molar-refractivity contribution in [3.8, 4) is 5.75 Å². The van der Waals surface area contributed by atoms with Crippen LogP contribution in [0.3, 0.4) is 0 Å². The first-order valence-electron chi connectivity index (χ1n) is 5.59. The predicted octanol–water partition coefficient (Wildman–Crippen LogP) is 2.98. The maximum atomic E-state index is 11.8. The van der Waals surface area contributed by atoms with E-state index in [9.17, 15) is 4.79 Å². The van der Waals surface area contributed by atoms with Crippen LogP contribution in [0.25, 0.3) is 0 Å². The Bertz CT molecular complexity index is 602. The van der Waals surface area contributed by atoms with Crippen molar-refractivity contribution in [1.29, 1.82) is 0 Å². The van der Waals surface area contributed by atoms with E-state index in [1.165, 1.54) is 0 Å². The van der Waals surface area contributed by atoms with Gasteiger partial charge in [0.25, 0.3) is 5.56 Å². The van der Waals surface area contributed by atoms with Gasteiger partial charge >= 0.3 is 0 Å². The molecule has 18 heavy (non-hydrogen) atoms. The zero-order chi connectivity index (χ0) is 13.1. The Morgan fingerprint density at radius 1 is 1.28 bits per heavy atom. The third-order valence-electron chi connectivity index (χ3n) is 2.77. The van der Waals surface area contributed by atoms with Gasteiger partial charge in [0.15, 0.2) is 0 Å². The monoisotopic (exact) mass is 307 g/mol. The molecule has 3 nitrogen and oxygen atoms in total. The number of methoxy groups -OCH3 is 1. The van der Waals surface area contributed by atoms with Gasteiger partial charge in [-0.3, -0.25) is 4.79 Å². The minimum absolute atomic E-state index is 0.0108. The smallest absolute Gasteiger partial charge is 0.251 e. The second-order valence-electron chi connectivity index (χ2n) is 4.12. The number of hydrogen-bond acceptors (Lipinski definition) is 2. The van der Waals surface area contributed by atoms with Crippen molar-refractivity contribution in [2.24, 2.45) is 0 Å². The van der Waals surface area contributed by atoms with E-state index >= 15 is 0 Å². The average Bonchev–Trinajstić information content (AvgIpc) is 2.37. The lowest BCUT2D eigenvalue weighted by Crippen LogP contribution is -2.19. The summed E-state index contributed by atoms with van der Waals surface area (Å²) in [6.45, 7) is 2.53. The number of nitrogens with zero attached hydrogens (tertiary/aromatic N) is 1. The SMILES string of the molecule is COc1ccc(Cn2cc(C)c(Br)cc2=O)cc1. The van der Waals surface area contributed by atoms with Gasteiger partial charge in [-0.2, -0.15) is 0 Å². The molecular weight excluding hydrogens is 294 g/mol. The Labute approximate surface area is 114 Å². The normalized spacial score (nSPS) is 10.4. The van der Waals surface area contributed by atoms with Gasteiger partial charge in [0.2, 0.25) is 0 Å². The Morgan fingerprint density at radius 3 is 2.56 bits per heavy atom. The van der Waals surface area contributed by atoms with Crippen LogP contribution in [0.2, 0.25) is 0 Å². The molecule has 4 heteroatoms. The molecule has 0 amide bonds. The van der Waals surface area contributed by atoms with Gasteiger partial charge in [0.1, 0.15) is 5.75 Å². The van der Waals surface area contributed by atoms with Crippen LogP contribution in [0, 0.1) is 6.92 Å². The molecule has 0 radical (unpaired) electrons. The topological polar surface area (TPSA) is 31.2 Å². The first-order valence-corrected chi connectivity index (χ1v) is 6.39. The lowest BCUT2D eigenvalue weighted by molar-refractivity contribution is 0.414. The molecular formula is C14H14BrNO2. The standard InChI is InChI=1S/C14H14BrNO2/c1-10-8-16(14(17)7-13(10)15)9-11-3-5-12(18-2)6-4-11/h3-8H,9H2,1-2H3. The third-order valence-corrected chi connectivity index (χ3v) is 3.63. The Hall–Kier alpha value is -1.55. The number of aryl methyl sites for hydroxylation is 1. The number of ether oxygens (including phenoxy) is 1. The van der Waals surface area contributed by atoms with Crippen LogP contribution in [0.5, 0.6) is 5.75 Å². The summed E-state index contributed by atoms with van der Waals surface area (Å²) in [6.07, 6.45) is 1.86. The highest BCUT2D eigenvalue weighted by atomic mass is 79.9. The molecule has 0 unspecified atom stereocenters. The zero-order valence-corrected chi connectivity index (χ0v) is 11.9. The van der Waals surface area contributed by atoms with Crippen molar-refractivity contribution in [3.63, 3.8) is 0 Å². The second kappa shape index (κ2) is 5.40. The fourth-order valence-corrected chi connectivity index (χ4v) is 2.01. The maximum absolute atomic E-state index is 11.8. The van der Waals surface area contributed by atoms with E-state index in [0.29, 0.717) is 6.54 Å². The summed E-state index contributed by atoms with van der Waals surface area (Å²) in [5, 5.41) is 0. The first-order chi connectivity index (χ1) is 8.60. The molecule has 0 aliphatic rings. The maximum Gasteiger partial charge on any atom is 0.251 e. The highest BCUT2D eigenvalue weighted by Crippen LogP contribution is 2.14. The van der Waals surface area contributed by atoms with Crippen LogP contribution in [0.15, 0.2) is 45.8 Å².